The number of aliphatic carboxylic acids is 1. The highest BCUT2D eigenvalue weighted by molar-refractivity contribution is 8.76. The molecule has 1 atom stereocenters. The number of hydrogen-bond donors (Lipinski definition) is 2. The second kappa shape index (κ2) is 5.17. The lowest BCUT2D eigenvalue weighted by Crippen LogP contribution is -2.32. The number of carboxylic acid groups (broad SMARTS) is 1. The summed E-state index contributed by atoms with van der Waals surface area (Å²) in [7, 11) is 4.32. The number of aromatic nitrogens is 4. The molecule has 0 saturated heterocycles. The first-order chi connectivity index (χ1) is 6.61. The molecule has 9 heteroatoms. The maximum atomic E-state index is 10.4. The van der Waals surface area contributed by atoms with Crippen LogP contribution in [0.5, 0.6) is 0 Å². The van der Waals surface area contributed by atoms with E-state index in [-0.39, 0.29) is 0 Å². The maximum absolute atomic E-state index is 10.4. The summed E-state index contributed by atoms with van der Waals surface area (Å²) in [6.07, 6.45) is 0. The molecule has 3 N–H and O–H groups in total. The van der Waals surface area contributed by atoms with E-state index in [0.29, 0.717) is 10.9 Å². The summed E-state index contributed by atoms with van der Waals surface area (Å²) in [5.74, 6) is -0.693. The van der Waals surface area contributed by atoms with Crippen molar-refractivity contribution in [2.75, 3.05) is 5.75 Å². The monoisotopic (exact) mass is 235 g/mol. The van der Waals surface area contributed by atoms with Crippen molar-refractivity contribution >= 4 is 27.6 Å². The predicted molar refractivity (Wildman–Crippen MR) is 52.7 cm³/mol. The lowest BCUT2D eigenvalue weighted by Gasteiger charge is -2.03. The minimum Gasteiger partial charge on any atom is -0.480 e. The van der Waals surface area contributed by atoms with Crippen molar-refractivity contribution in [3.05, 3.63) is 0 Å². The van der Waals surface area contributed by atoms with E-state index in [1.165, 1.54) is 26.3 Å². The molecule has 0 aromatic carbocycles. The largest absolute Gasteiger partial charge is 0.480 e. The van der Waals surface area contributed by atoms with Crippen LogP contribution in [0.2, 0.25) is 0 Å². The number of aryl methyl sites for hydroxylation is 1. The minimum atomic E-state index is -1.01. The van der Waals surface area contributed by atoms with Gasteiger partial charge >= 0.3 is 5.97 Å². The molecule has 0 unspecified atom stereocenters. The van der Waals surface area contributed by atoms with Crippen LogP contribution in [-0.2, 0) is 11.8 Å². The van der Waals surface area contributed by atoms with Crippen LogP contribution in [0.25, 0.3) is 0 Å². The van der Waals surface area contributed by atoms with Gasteiger partial charge in [-0.25, -0.2) is 4.68 Å². The van der Waals surface area contributed by atoms with E-state index in [9.17, 15) is 4.79 Å². The molecular formula is C5H9N5O2S2. The highest BCUT2D eigenvalue weighted by atomic mass is 33.1. The second-order valence-electron chi connectivity index (χ2n) is 2.40. The van der Waals surface area contributed by atoms with E-state index in [0.717, 1.165) is 0 Å². The first kappa shape index (κ1) is 11.3. The van der Waals surface area contributed by atoms with E-state index in [4.69, 9.17) is 10.8 Å². The number of hydrogen-bond acceptors (Lipinski definition) is 7. The molecule has 0 spiro atoms. The molecule has 0 amide bonds. The van der Waals surface area contributed by atoms with Gasteiger partial charge in [0.25, 0.3) is 0 Å². The summed E-state index contributed by atoms with van der Waals surface area (Å²) in [6, 6.07) is -0.853. The molecule has 14 heavy (non-hydrogen) atoms. The standard InChI is InChI=1S/C5H9N5O2S2/c1-10-5(7-8-9-10)14-13-2-3(6)4(11)12/h3H,2,6H2,1H3,(H,11,12)/t3-/m0/s1. The molecule has 7 nitrogen and oxygen atoms in total. The third-order valence-electron chi connectivity index (χ3n) is 1.28. The van der Waals surface area contributed by atoms with Crippen LogP contribution in [0.4, 0.5) is 0 Å². The van der Waals surface area contributed by atoms with Crippen LogP contribution in [0.3, 0.4) is 0 Å². The average Bonchev–Trinajstić information content (AvgIpc) is 2.51. The van der Waals surface area contributed by atoms with E-state index in [1.54, 1.807) is 7.05 Å². The van der Waals surface area contributed by atoms with E-state index >= 15 is 0 Å². The van der Waals surface area contributed by atoms with Gasteiger partial charge in [-0.05, 0) is 21.2 Å². The summed E-state index contributed by atoms with van der Waals surface area (Å²) in [6.45, 7) is 0. The Labute approximate surface area is 87.8 Å². The van der Waals surface area contributed by atoms with Crippen molar-refractivity contribution in [3.8, 4) is 0 Å². The van der Waals surface area contributed by atoms with Crippen LogP contribution in [0, 0.1) is 0 Å². The van der Waals surface area contributed by atoms with E-state index in [2.05, 4.69) is 15.5 Å². The molecule has 0 saturated carbocycles. The zero-order valence-electron chi connectivity index (χ0n) is 7.32. The molecule has 0 aliphatic rings. The summed E-state index contributed by atoms with van der Waals surface area (Å²) in [5, 5.41) is 19.9. The van der Waals surface area contributed by atoms with Gasteiger partial charge in [-0.3, -0.25) is 4.79 Å². The molecule has 1 heterocycles. The quantitative estimate of drug-likeness (QED) is 0.649. The van der Waals surface area contributed by atoms with E-state index in [1.807, 2.05) is 0 Å². The van der Waals surface area contributed by atoms with Gasteiger partial charge in [0, 0.05) is 12.8 Å². The molecule has 0 bridgehead atoms. The number of carbonyl (C=O) groups is 1. The first-order valence-corrected chi connectivity index (χ1v) is 5.93. The fourth-order valence-corrected chi connectivity index (χ4v) is 2.58. The molecule has 1 rings (SSSR count). The Morgan fingerprint density at radius 3 is 3.00 bits per heavy atom. The van der Waals surface area contributed by atoms with Crippen molar-refractivity contribution in [1.82, 2.24) is 20.2 Å². The molecule has 1 aromatic heterocycles. The lowest BCUT2D eigenvalue weighted by molar-refractivity contribution is -0.137. The molecule has 0 radical (unpaired) electrons. The summed E-state index contributed by atoms with van der Waals surface area (Å²) in [5.41, 5.74) is 5.30. The van der Waals surface area contributed by atoms with Crippen LogP contribution >= 0.6 is 21.6 Å². The normalized spacial score (nSPS) is 12.7. The molecule has 0 fully saturated rings. The molecule has 0 aliphatic carbocycles. The lowest BCUT2D eigenvalue weighted by atomic mass is 10.4. The number of carboxylic acids is 1. The third kappa shape index (κ3) is 3.16. The highest BCUT2D eigenvalue weighted by Crippen LogP contribution is 2.28. The molecular weight excluding hydrogens is 226 g/mol. The Balaban J connectivity index is 2.29. The van der Waals surface area contributed by atoms with Crippen LogP contribution in [0.1, 0.15) is 0 Å². The first-order valence-electron chi connectivity index (χ1n) is 3.61. The molecule has 0 aliphatic heterocycles. The molecule has 1 aromatic rings. The summed E-state index contributed by atoms with van der Waals surface area (Å²) >= 11 is 0. The smallest absolute Gasteiger partial charge is 0.321 e. The summed E-state index contributed by atoms with van der Waals surface area (Å²) < 4.78 is 1.50. The van der Waals surface area contributed by atoms with Gasteiger partial charge in [-0.15, -0.1) is 5.10 Å². The minimum absolute atomic E-state index is 0.312. The average molecular weight is 235 g/mol. The van der Waals surface area contributed by atoms with Gasteiger partial charge in [-0.1, -0.05) is 10.8 Å². The van der Waals surface area contributed by atoms with Crippen molar-refractivity contribution in [1.29, 1.82) is 0 Å². The van der Waals surface area contributed by atoms with Crippen LogP contribution < -0.4 is 5.73 Å². The van der Waals surface area contributed by atoms with Crippen LogP contribution in [0.15, 0.2) is 5.16 Å². The van der Waals surface area contributed by atoms with Gasteiger partial charge < -0.3 is 10.8 Å². The SMILES string of the molecule is Cn1nnnc1SSC[C@H](N)C(=O)O. The Morgan fingerprint density at radius 1 is 1.79 bits per heavy atom. The van der Waals surface area contributed by atoms with Gasteiger partial charge in [-0.2, -0.15) is 0 Å². The van der Waals surface area contributed by atoms with Crippen molar-refractivity contribution in [2.24, 2.45) is 12.8 Å². The van der Waals surface area contributed by atoms with E-state index < -0.39 is 12.0 Å². The van der Waals surface area contributed by atoms with Gasteiger partial charge in [0.1, 0.15) is 6.04 Å². The van der Waals surface area contributed by atoms with Crippen molar-refractivity contribution < 1.29 is 9.90 Å². The number of tetrazole rings is 1. The Kier molecular flexibility index (Phi) is 4.17. The maximum Gasteiger partial charge on any atom is 0.321 e. The summed E-state index contributed by atoms with van der Waals surface area (Å²) in [4.78, 5) is 10.4. The van der Waals surface area contributed by atoms with Crippen molar-refractivity contribution in [3.63, 3.8) is 0 Å². The predicted octanol–water partition coefficient (Wildman–Crippen LogP) is -0.638. The topological polar surface area (TPSA) is 107 Å². The Bertz CT molecular complexity index is 317. The van der Waals surface area contributed by atoms with Gasteiger partial charge in [0.15, 0.2) is 0 Å². The highest BCUT2D eigenvalue weighted by Gasteiger charge is 2.12. The Morgan fingerprint density at radius 2 is 2.50 bits per heavy atom. The van der Waals surface area contributed by atoms with Crippen LogP contribution in [-0.4, -0.2) is 43.1 Å². The Hall–Kier alpha value is -0.800. The van der Waals surface area contributed by atoms with Crippen molar-refractivity contribution in [2.45, 2.75) is 11.2 Å². The fourth-order valence-electron chi connectivity index (χ4n) is 0.523. The van der Waals surface area contributed by atoms with Gasteiger partial charge in [0.2, 0.25) is 5.16 Å². The number of nitrogens with zero attached hydrogens (tertiary/aromatic N) is 4. The number of rotatable bonds is 5. The zero-order chi connectivity index (χ0) is 10.6. The fraction of sp³-hybridized carbons (Fsp3) is 0.600. The zero-order valence-corrected chi connectivity index (χ0v) is 8.96. The number of nitrogens with two attached hydrogens (primary N) is 1. The van der Waals surface area contributed by atoms with Gasteiger partial charge in [0.05, 0.1) is 0 Å². The third-order valence-corrected chi connectivity index (χ3v) is 3.60. The molecule has 78 valence electrons. The second-order valence-corrected chi connectivity index (χ2v) is 4.71.